The second-order valence-corrected chi connectivity index (χ2v) is 9.84. The summed E-state index contributed by atoms with van der Waals surface area (Å²) in [7, 11) is 0. The molecule has 0 spiro atoms. The minimum atomic E-state index is 0.714. The maximum atomic E-state index is 5.35. The Morgan fingerprint density at radius 1 is 0.568 bits per heavy atom. The standard InChI is InChI=1S/C34H27N3/c1-4-11-26(12-5-1)30-23-37-34(35-32(30)29-21-19-25(20-22-29)24-17-10-18-24)31(27-13-6-2-7-14-27)33(36-37)28-15-8-3-9-16-28/h1-9,11-16,19-24H,10,17-18H2. The highest BCUT2D eigenvalue weighted by Gasteiger charge is 2.22. The van der Waals surface area contributed by atoms with Gasteiger partial charge in [0.25, 0.3) is 0 Å². The van der Waals surface area contributed by atoms with Gasteiger partial charge in [-0.05, 0) is 35.4 Å². The number of aromatic nitrogens is 3. The molecule has 7 rings (SSSR count). The first-order valence-corrected chi connectivity index (χ1v) is 13.0. The fourth-order valence-electron chi connectivity index (χ4n) is 5.34. The SMILES string of the molecule is c1ccc(-c2cn3nc(-c4ccccc4)c(-c4ccccc4)c3nc2-c2ccc(C3CCC3)cc2)cc1. The lowest BCUT2D eigenvalue weighted by molar-refractivity contribution is 0.420. The zero-order chi connectivity index (χ0) is 24.6. The summed E-state index contributed by atoms with van der Waals surface area (Å²) in [5.41, 5.74) is 10.8. The Hall–Kier alpha value is -4.50. The summed E-state index contributed by atoms with van der Waals surface area (Å²) >= 11 is 0. The van der Waals surface area contributed by atoms with E-state index in [4.69, 9.17) is 10.1 Å². The zero-order valence-electron chi connectivity index (χ0n) is 20.6. The molecule has 0 bridgehead atoms. The average molecular weight is 478 g/mol. The third-order valence-corrected chi connectivity index (χ3v) is 7.56. The summed E-state index contributed by atoms with van der Waals surface area (Å²) < 4.78 is 1.96. The summed E-state index contributed by atoms with van der Waals surface area (Å²) in [5, 5.41) is 5.09. The van der Waals surface area contributed by atoms with Gasteiger partial charge in [0.15, 0.2) is 5.65 Å². The van der Waals surface area contributed by atoms with E-state index in [1.165, 1.54) is 24.8 Å². The van der Waals surface area contributed by atoms with Crippen molar-refractivity contribution in [2.45, 2.75) is 25.2 Å². The van der Waals surface area contributed by atoms with Crippen LogP contribution in [0, 0.1) is 0 Å². The van der Waals surface area contributed by atoms with Crippen molar-refractivity contribution in [2.24, 2.45) is 0 Å². The van der Waals surface area contributed by atoms with Crippen molar-refractivity contribution >= 4 is 5.65 Å². The summed E-state index contributed by atoms with van der Waals surface area (Å²) in [6, 6.07) is 40.5. The highest BCUT2D eigenvalue weighted by Crippen LogP contribution is 2.40. The van der Waals surface area contributed by atoms with Crippen LogP contribution in [0.5, 0.6) is 0 Å². The van der Waals surface area contributed by atoms with Crippen molar-refractivity contribution in [2.75, 3.05) is 0 Å². The molecule has 3 heteroatoms. The zero-order valence-corrected chi connectivity index (χ0v) is 20.6. The maximum absolute atomic E-state index is 5.35. The van der Waals surface area contributed by atoms with Crippen LogP contribution >= 0.6 is 0 Å². The van der Waals surface area contributed by atoms with Crippen LogP contribution in [0.15, 0.2) is 121 Å². The van der Waals surface area contributed by atoms with Gasteiger partial charge in [-0.1, -0.05) is 122 Å². The average Bonchev–Trinajstić information content (AvgIpc) is 3.32. The molecule has 3 nitrogen and oxygen atoms in total. The van der Waals surface area contributed by atoms with E-state index < -0.39 is 0 Å². The molecule has 0 atom stereocenters. The molecule has 0 aliphatic heterocycles. The van der Waals surface area contributed by atoms with Gasteiger partial charge >= 0.3 is 0 Å². The minimum Gasteiger partial charge on any atom is -0.227 e. The molecule has 1 saturated carbocycles. The van der Waals surface area contributed by atoms with E-state index in [1.807, 2.05) is 16.6 Å². The van der Waals surface area contributed by atoms with E-state index >= 15 is 0 Å². The van der Waals surface area contributed by atoms with E-state index in [2.05, 4.69) is 109 Å². The molecule has 4 aromatic carbocycles. The fourth-order valence-corrected chi connectivity index (χ4v) is 5.34. The van der Waals surface area contributed by atoms with Crippen molar-refractivity contribution in [1.29, 1.82) is 0 Å². The number of fused-ring (bicyclic) bond motifs is 1. The number of hydrogen-bond acceptors (Lipinski definition) is 2. The lowest BCUT2D eigenvalue weighted by Crippen LogP contribution is -2.08. The first-order chi connectivity index (χ1) is 18.3. The maximum Gasteiger partial charge on any atom is 0.164 e. The Morgan fingerprint density at radius 2 is 1.14 bits per heavy atom. The Bertz CT molecular complexity index is 1660. The summed E-state index contributed by atoms with van der Waals surface area (Å²) in [6.07, 6.45) is 6.09. The van der Waals surface area contributed by atoms with Crippen molar-refractivity contribution in [1.82, 2.24) is 14.6 Å². The molecule has 1 fully saturated rings. The first-order valence-electron chi connectivity index (χ1n) is 13.0. The quantitative estimate of drug-likeness (QED) is 0.249. The van der Waals surface area contributed by atoms with Crippen LogP contribution in [0.4, 0.5) is 0 Å². The van der Waals surface area contributed by atoms with Gasteiger partial charge in [-0.2, -0.15) is 5.10 Å². The van der Waals surface area contributed by atoms with Crippen LogP contribution in [0.3, 0.4) is 0 Å². The number of benzene rings is 4. The molecule has 2 heterocycles. The lowest BCUT2D eigenvalue weighted by atomic mass is 9.80. The van der Waals surface area contributed by atoms with E-state index in [0.29, 0.717) is 5.92 Å². The molecule has 6 aromatic rings. The largest absolute Gasteiger partial charge is 0.227 e. The van der Waals surface area contributed by atoms with Crippen LogP contribution in [0.1, 0.15) is 30.7 Å². The van der Waals surface area contributed by atoms with Crippen LogP contribution in [-0.2, 0) is 0 Å². The van der Waals surface area contributed by atoms with Gasteiger partial charge in [0.05, 0.1) is 11.3 Å². The molecule has 1 aliphatic carbocycles. The molecular formula is C34H27N3. The normalized spacial score (nSPS) is 13.5. The van der Waals surface area contributed by atoms with Gasteiger partial charge in [-0.25, -0.2) is 9.50 Å². The second-order valence-electron chi connectivity index (χ2n) is 9.84. The third-order valence-electron chi connectivity index (χ3n) is 7.56. The Kier molecular flexibility index (Phi) is 5.40. The number of rotatable bonds is 5. The highest BCUT2D eigenvalue weighted by molar-refractivity contribution is 5.92. The van der Waals surface area contributed by atoms with Gasteiger partial charge in [0, 0.05) is 22.9 Å². The van der Waals surface area contributed by atoms with E-state index in [-0.39, 0.29) is 0 Å². The van der Waals surface area contributed by atoms with E-state index in [9.17, 15) is 0 Å². The third kappa shape index (κ3) is 3.93. The second kappa shape index (κ2) is 9.18. The van der Waals surface area contributed by atoms with Crippen molar-refractivity contribution in [3.8, 4) is 44.8 Å². The van der Waals surface area contributed by atoms with Crippen molar-refractivity contribution in [3.05, 3.63) is 127 Å². The fraction of sp³-hybridized carbons (Fsp3) is 0.118. The highest BCUT2D eigenvalue weighted by atomic mass is 15.3. The Morgan fingerprint density at radius 3 is 1.73 bits per heavy atom. The Balaban J connectivity index is 1.49. The number of hydrogen-bond donors (Lipinski definition) is 0. The smallest absolute Gasteiger partial charge is 0.164 e. The number of nitrogens with zero attached hydrogens (tertiary/aromatic N) is 3. The molecule has 178 valence electrons. The van der Waals surface area contributed by atoms with E-state index in [1.54, 1.807) is 0 Å². The topological polar surface area (TPSA) is 30.2 Å². The Labute approximate surface area is 217 Å². The molecule has 0 saturated heterocycles. The van der Waals surface area contributed by atoms with Crippen LogP contribution in [-0.4, -0.2) is 14.6 Å². The first kappa shape index (κ1) is 21.8. The van der Waals surface area contributed by atoms with Gasteiger partial charge in [-0.3, -0.25) is 0 Å². The van der Waals surface area contributed by atoms with Gasteiger partial charge in [-0.15, -0.1) is 0 Å². The van der Waals surface area contributed by atoms with Crippen molar-refractivity contribution in [3.63, 3.8) is 0 Å². The molecule has 0 N–H and O–H groups in total. The summed E-state index contributed by atoms with van der Waals surface area (Å²) in [5.74, 6) is 0.714. The lowest BCUT2D eigenvalue weighted by Gasteiger charge is -2.25. The van der Waals surface area contributed by atoms with Crippen LogP contribution in [0.2, 0.25) is 0 Å². The minimum absolute atomic E-state index is 0.714. The summed E-state index contributed by atoms with van der Waals surface area (Å²) in [6.45, 7) is 0. The molecular weight excluding hydrogens is 450 g/mol. The molecule has 1 aliphatic rings. The molecule has 2 aromatic heterocycles. The monoisotopic (exact) mass is 477 g/mol. The van der Waals surface area contributed by atoms with Crippen LogP contribution < -0.4 is 0 Å². The molecule has 0 unspecified atom stereocenters. The molecule has 0 amide bonds. The van der Waals surface area contributed by atoms with Gasteiger partial charge in [0.1, 0.15) is 5.69 Å². The molecule has 0 radical (unpaired) electrons. The van der Waals surface area contributed by atoms with Crippen molar-refractivity contribution < 1.29 is 0 Å². The predicted octanol–water partition coefficient (Wildman–Crippen LogP) is 8.66. The summed E-state index contributed by atoms with van der Waals surface area (Å²) in [4.78, 5) is 5.35. The predicted molar refractivity (Wildman–Crippen MR) is 151 cm³/mol. The molecule has 37 heavy (non-hydrogen) atoms. The van der Waals surface area contributed by atoms with E-state index in [0.717, 1.165) is 50.4 Å². The van der Waals surface area contributed by atoms with Gasteiger partial charge in [0.2, 0.25) is 0 Å². The van der Waals surface area contributed by atoms with Gasteiger partial charge < -0.3 is 0 Å². The van der Waals surface area contributed by atoms with Crippen LogP contribution in [0.25, 0.3) is 50.4 Å².